The van der Waals surface area contributed by atoms with Crippen molar-refractivity contribution < 1.29 is 9.16 Å². The van der Waals surface area contributed by atoms with Gasteiger partial charge < -0.3 is 9.16 Å². The summed E-state index contributed by atoms with van der Waals surface area (Å²) >= 11 is 0. The number of hydrogen-bond donors (Lipinski definition) is 0. The predicted molar refractivity (Wildman–Crippen MR) is 119 cm³/mol. The number of rotatable bonds is 3. The normalized spacial score (nSPS) is 26.3. The minimum Gasteiger partial charge on any atom is -0.385 e. The molecule has 2 unspecified atom stereocenters. The Morgan fingerprint density at radius 2 is 1.77 bits per heavy atom. The number of hydrogen-bond acceptors (Lipinski definition) is 4. The van der Waals surface area contributed by atoms with Gasteiger partial charge in [-0.2, -0.15) is 0 Å². The quantitative estimate of drug-likeness (QED) is 0.700. The molecule has 2 atom stereocenters. The summed E-state index contributed by atoms with van der Waals surface area (Å²) < 4.78 is 17.3. The van der Waals surface area contributed by atoms with Gasteiger partial charge >= 0.3 is 11.4 Å². The summed E-state index contributed by atoms with van der Waals surface area (Å²) in [6.07, 6.45) is 4.92. The molecule has 1 fully saturated rings. The molecular weight excluding hydrogens is 398 g/mol. The van der Waals surface area contributed by atoms with Crippen LogP contribution in [-0.2, 0) is 14.7 Å². The number of fused-ring (bicyclic) bond motifs is 3. The average Bonchev–Trinajstić information content (AvgIpc) is 2.93. The minimum atomic E-state index is -2.25. The fourth-order valence-electron chi connectivity index (χ4n) is 4.16. The molecule has 0 amide bonds. The lowest BCUT2D eigenvalue weighted by Crippen LogP contribution is -2.67. The first-order valence-corrected chi connectivity index (χ1v) is 13.4. The van der Waals surface area contributed by atoms with Crippen LogP contribution in [0.2, 0.25) is 18.1 Å². The van der Waals surface area contributed by atoms with E-state index in [4.69, 9.17) is 9.16 Å². The van der Waals surface area contributed by atoms with Crippen LogP contribution >= 0.6 is 0 Å². The van der Waals surface area contributed by atoms with E-state index < -0.39 is 25.3 Å². The molecule has 7 nitrogen and oxygen atoms in total. The van der Waals surface area contributed by atoms with E-state index in [1.165, 1.54) is 13.9 Å². The second-order valence-electron chi connectivity index (χ2n) is 9.96. The highest BCUT2D eigenvalue weighted by Gasteiger charge is 2.59. The van der Waals surface area contributed by atoms with Crippen LogP contribution in [0.4, 0.5) is 0 Å². The molecule has 1 aromatic heterocycles. The highest BCUT2D eigenvalue weighted by Crippen LogP contribution is 2.49. The summed E-state index contributed by atoms with van der Waals surface area (Å²) in [6, 6.07) is 9.01. The number of nitrogens with zero attached hydrogens (tertiary/aromatic N) is 3. The lowest BCUT2D eigenvalue weighted by Gasteiger charge is -2.55. The van der Waals surface area contributed by atoms with Crippen molar-refractivity contribution in [2.75, 3.05) is 6.61 Å². The monoisotopic (exact) mass is 429 g/mol. The smallest absolute Gasteiger partial charge is 0.356 e. The van der Waals surface area contributed by atoms with Gasteiger partial charge in [-0.15, -0.1) is 0 Å². The van der Waals surface area contributed by atoms with Gasteiger partial charge in [-0.1, -0.05) is 39.0 Å². The van der Waals surface area contributed by atoms with Crippen LogP contribution in [0.5, 0.6) is 0 Å². The summed E-state index contributed by atoms with van der Waals surface area (Å²) in [6.45, 7) is 13.4. The van der Waals surface area contributed by atoms with E-state index in [1.807, 2.05) is 31.2 Å². The van der Waals surface area contributed by atoms with Crippen LogP contribution in [0.3, 0.4) is 0 Å². The van der Waals surface area contributed by atoms with Crippen molar-refractivity contribution in [3.63, 3.8) is 0 Å². The van der Waals surface area contributed by atoms with Crippen molar-refractivity contribution in [1.29, 1.82) is 0 Å². The summed E-state index contributed by atoms with van der Waals surface area (Å²) in [5, 5.41) is -0.0324. The lowest BCUT2D eigenvalue weighted by molar-refractivity contribution is -0.248. The fourth-order valence-corrected chi connectivity index (χ4v) is 5.57. The van der Waals surface area contributed by atoms with E-state index in [0.29, 0.717) is 18.7 Å². The third kappa shape index (κ3) is 2.85. The maximum absolute atomic E-state index is 13.6. The molecule has 162 valence electrons. The summed E-state index contributed by atoms with van der Waals surface area (Å²) in [4.78, 5) is 26.8. The van der Waals surface area contributed by atoms with E-state index in [9.17, 15) is 9.59 Å². The highest BCUT2D eigenvalue weighted by atomic mass is 28.4. The maximum atomic E-state index is 13.6. The molecule has 0 radical (unpaired) electrons. The molecule has 2 aliphatic heterocycles. The molecule has 0 saturated carbocycles. The Hall–Kier alpha value is -2.16. The molecule has 8 heteroatoms. The average molecular weight is 430 g/mol. The first kappa shape index (κ1) is 21.1. The SMILES string of the molecule is CC12CCCOC1(O[Si](C)(C)C(C)(C)C)C=Cn1c(=O)n(-c3ccccc3)c(=O)n12. The molecule has 0 aliphatic carbocycles. The summed E-state index contributed by atoms with van der Waals surface area (Å²) in [5.74, 6) is -1.09. The Balaban J connectivity index is 1.93. The van der Waals surface area contributed by atoms with Crippen molar-refractivity contribution in [3.05, 3.63) is 57.4 Å². The number of aromatic nitrogens is 3. The summed E-state index contributed by atoms with van der Waals surface area (Å²) in [7, 11) is -2.25. The van der Waals surface area contributed by atoms with Crippen molar-refractivity contribution in [2.45, 2.75) is 70.0 Å². The first-order valence-electron chi connectivity index (χ1n) is 10.5. The van der Waals surface area contributed by atoms with Crippen molar-refractivity contribution in [3.8, 4) is 5.69 Å². The third-order valence-electron chi connectivity index (χ3n) is 6.98. The standard InChI is InChI=1S/C22H31N3O4Si/c1-20(2,3)30(5,6)29-22-14-15-23-18(26)24(17-11-8-7-9-12-17)19(27)25(23)21(22,4)13-10-16-28-22/h7-9,11-12,14-15H,10,13,16H2,1-6H3. The summed E-state index contributed by atoms with van der Waals surface area (Å²) in [5.41, 5.74) is -1.07. The van der Waals surface area contributed by atoms with Gasteiger partial charge in [0.2, 0.25) is 5.79 Å². The molecule has 3 heterocycles. The molecule has 0 spiro atoms. The van der Waals surface area contributed by atoms with E-state index in [2.05, 4.69) is 33.9 Å². The van der Waals surface area contributed by atoms with Gasteiger partial charge in [0.15, 0.2) is 8.32 Å². The van der Waals surface area contributed by atoms with Crippen molar-refractivity contribution in [1.82, 2.24) is 13.9 Å². The van der Waals surface area contributed by atoms with Crippen LogP contribution in [0.15, 0.2) is 46.0 Å². The van der Waals surface area contributed by atoms with Crippen molar-refractivity contribution in [2.24, 2.45) is 0 Å². The zero-order valence-corrected chi connectivity index (χ0v) is 19.6. The van der Waals surface area contributed by atoms with E-state index in [-0.39, 0.29) is 10.7 Å². The molecule has 0 bridgehead atoms. The van der Waals surface area contributed by atoms with E-state index >= 15 is 0 Å². The second-order valence-corrected chi connectivity index (χ2v) is 14.7. The Morgan fingerprint density at radius 3 is 2.40 bits per heavy atom. The second kappa shape index (κ2) is 6.67. The Bertz CT molecular complexity index is 1110. The topological polar surface area (TPSA) is 67.4 Å². The highest BCUT2D eigenvalue weighted by molar-refractivity contribution is 6.74. The number of para-hydroxylation sites is 1. The molecule has 1 aromatic carbocycles. The van der Waals surface area contributed by atoms with Crippen molar-refractivity contribution >= 4 is 14.5 Å². The fraction of sp³-hybridized carbons (Fsp3) is 0.545. The number of ether oxygens (including phenoxy) is 1. The molecular formula is C22H31N3O4Si. The van der Waals surface area contributed by atoms with Crippen LogP contribution in [0.25, 0.3) is 11.9 Å². The Labute approximate surface area is 177 Å². The third-order valence-corrected chi connectivity index (χ3v) is 11.4. The molecule has 2 aromatic rings. The van der Waals surface area contributed by atoms with Crippen LogP contribution in [0.1, 0.15) is 40.5 Å². The van der Waals surface area contributed by atoms with Gasteiger partial charge in [0.05, 0.1) is 12.3 Å². The van der Waals surface area contributed by atoms with Crippen LogP contribution in [-0.4, -0.2) is 34.6 Å². The van der Waals surface area contributed by atoms with E-state index in [0.717, 1.165) is 6.42 Å². The lowest BCUT2D eigenvalue weighted by atomic mass is 9.83. The molecule has 0 N–H and O–H groups in total. The molecule has 4 rings (SSSR count). The van der Waals surface area contributed by atoms with Gasteiger partial charge in [-0.25, -0.2) is 23.5 Å². The molecule has 30 heavy (non-hydrogen) atoms. The van der Waals surface area contributed by atoms with Gasteiger partial charge in [0.1, 0.15) is 5.54 Å². The Kier molecular flexibility index (Phi) is 4.69. The first-order chi connectivity index (χ1) is 13.9. The maximum Gasteiger partial charge on any atom is 0.356 e. The number of benzene rings is 1. The molecule has 1 saturated heterocycles. The van der Waals surface area contributed by atoms with E-state index in [1.54, 1.807) is 18.3 Å². The predicted octanol–water partition coefficient (Wildman–Crippen LogP) is 3.53. The molecule has 2 aliphatic rings. The van der Waals surface area contributed by atoms with Gasteiger partial charge in [0.25, 0.3) is 0 Å². The zero-order valence-electron chi connectivity index (χ0n) is 18.6. The van der Waals surface area contributed by atoms with Crippen LogP contribution in [0, 0.1) is 0 Å². The largest absolute Gasteiger partial charge is 0.385 e. The van der Waals surface area contributed by atoms with Gasteiger partial charge in [0, 0.05) is 6.20 Å². The minimum absolute atomic E-state index is 0.0324. The van der Waals surface area contributed by atoms with Crippen LogP contribution < -0.4 is 11.4 Å². The van der Waals surface area contributed by atoms with Gasteiger partial charge in [-0.05, 0) is 56.1 Å². The van der Waals surface area contributed by atoms with Gasteiger partial charge in [-0.3, -0.25) is 0 Å². The zero-order chi connectivity index (χ0) is 21.9. The Morgan fingerprint density at radius 1 is 1.10 bits per heavy atom.